The van der Waals surface area contributed by atoms with E-state index in [2.05, 4.69) is 54.9 Å². The second-order valence-electron chi connectivity index (χ2n) is 14.7. The van der Waals surface area contributed by atoms with Gasteiger partial charge in [-0.05, 0) is 140 Å². The first-order valence-electron chi connectivity index (χ1n) is 17.8. The van der Waals surface area contributed by atoms with Crippen molar-refractivity contribution in [2.24, 2.45) is 22.1 Å². The average molecular weight is 625 g/mol. The lowest BCUT2D eigenvalue weighted by molar-refractivity contribution is 0.0459. The standard InChI is InChI=1S/C40H56N4S/c1-5-32-11-12-36(25-30(32)2)40-19-16-39(17-20-40,18-21-40)29-44(31(3)33-9-7-6-8-10-33)38-26-34(13-22-42-38)35(27-41)28-43-37-14-23-45(4)24-15-37/h11-13,22,25-28,33,37H,3-10,14-21,23-24,29,41H2,1-2H3/b35-27+,43-28?. The fourth-order valence-electron chi connectivity index (χ4n) is 8.82. The van der Waals surface area contributed by atoms with Crippen molar-refractivity contribution in [3.05, 3.63) is 77.3 Å². The van der Waals surface area contributed by atoms with E-state index < -0.39 is 0 Å². The summed E-state index contributed by atoms with van der Waals surface area (Å²) >= 11 is 0. The van der Waals surface area contributed by atoms with Crippen molar-refractivity contribution in [3.8, 4) is 0 Å². The lowest BCUT2D eigenvalue weighted by Gasteiger charge is -2.55. The van der Waals surface area contributed by atoms with Crippen molar-refractivity contribution >= 4 is 34.0 Å². The van der Waals surface area contributed by atoms with E-state index in [1.807, 2.05) is 12.4 Å². The lowest BCUT2D eigenvalue weighted by atomic mass is 9.51. The Kier molecular flexibility index (Phi) is 10.0. The molecule has 0 spiro atoms. The zero-order valence-corrected chi connectivity index (χ0v) is 28.9. The van der Waals surface area contributed by atoms with Gasteiger partial charge in [-0.1, -0.05) is 56.8 Å². The molecule has 4 nitrogen and oxygen atoms in total. The molecule has 5 fully saturated rings. The molecule has 1 saturated heterocycles. The maximum Gasteiger partial charge on any atom is 0.133 e. The molecule has 1 aromatic carbocycles. The molecule has 1 aliphatic heterocycles. The van der Waals surface area contributed by atoms with Crippen LogP contribution in [0.25, 0.3) is 5.57 Å². The van der Waals surface area contributed by atoms with Crippen LogP contribution in [-0.2, 0) is 11.8 Å². The summed E-state index contributed by atoms with van der Waals surface area (Å²) < 4.78 is 0. The molecule has 2 N–H and O–H groups in total. The number of aliphatic imine (C=N–C) groups is 1. The first-order chi connectivity index (χ1) is 21.8. The number of hydrogen-bond donors (Lipinski definition) is 1. The van der Waals surface area contributed by atoms with E-state index in [1.54, 1.807) is 11.8 Å². The number of aromatic nitrogens is 1. The van der Waals surface area contributed by atoms with Crippen molar-refractivity contribution in [2.75, 3.05) is 23.0 Å². The van der Waals surface area contributed by atoms with Gasteiger partial charge in [-0.2, -0.15) is 10.5 Å². The van der Waals surface area contributed by atoms with Gasteiger partial charge >= 0.3 is 0 Å². The van der Waals surface area contributed by atoms with Crippen LogP contribution in [0.15, 0.2) is 60.0 Å². The van der Waals surface area contributed by atoms with Gasteiger partial charge < -0.3 is 10.6 Å². The van der Waals surface area contributed by atoms with E-state index in [1.165, 1.54) is 99.0 Å². The number of aryl methyl sites for hydroxylation is 2. The number of hydrogen-bond acceptors (Lipinski definition) is 4. The summed E-state index contributed by atoms with van der Waals surface area (Å²) in [5.74, 6) is 8.22. The largest absolute Gasteiger partial charge is 0.404 e. The number of benzene rings is 1. The van der Waals surface area contributed by atoms with Gasteiger partial charge in [0.05, 0.1) is 6.04 Å². The van der Waals surface area contributed by atoms with Crippen LogP contribution in [0.1, 0.15) is 113 Å². The summed E-state index contributed by atoms with van der Waals surface area (Å²) in [6.45, 7) is 10.4. The first-order valence-corrected chi connectivity index (χ1v) is 19.5. The Hall–Kier alpha value is -2.66. The van der Waals surface area contributed by atoms with Crippen LogP contribution in [0.4, 0.5) is 5.82 Å². The predicted octanol–water partition coefficient (Wildman–Crippen LogP) is 9.38. The van der Waals surface area contributed by atoms with Crippen LogP contribution in [-0.4, -0.2) is 41.2 Å². The van der Waals surface area contributed by atoms with Gasteiger partial charge in [0.2, 0.25) is 0 Å². The van der Waals surface area contributed by atoms with Crippen molar-refractivity contribution in [3.63, 3.8) is 0 Å². The molecule has 1 aromatic heterocycles. The number of allylic oxidation sites excluding steroid dienone is 2. The summed E-state index contributed by atoms with van der Waals surface area (Å²) in [5, 5.41) is 0. The Bertz CT molecular complexity index is 1410. The monoisotopic (exact) mass is 624 g/mol. The highest BCUT2D eigenvalue weighted by molar-refractivity contribution is 8.14. The minimum Gasteiger partial charge on any atom is -0.404 e. The summed E-state index contributed by atoms with van der Waals surface area (Å²) in [6, 6.07) is 12.1. The van der Waals surface area contributed by atoms with Crippen LogP contribution >= 0.6 is 10.5 Å². The number of nitrogens with zero attached hydrogens (tertiary/aromatic N) is 3. The molecule has 242 valence electrons. The minimum atomic E-state index is 0.317. The summed E-state index contributed by atoms with van der Waals surface area (Å²) in [6.07, 6.45) is 23.2. The molecular weight excluding hydrogens is 569 g/mol. The molecule has 0 radical (unpaired) electrons. The first kappa shape index (κ1) is 32.3. The average Bonchev–Trinajstić information content (AvgIpc) is 3.09. The Morgan fingerprint density at radius 1 is 1.02 bits per heavy atom. The quantitative estimate of drug-likeness (QED) is 0.212. The molecule has 0 unspecified atom stereocenters. The zero-order valence-electron chi connectivity index (χ0n) is 28.0. The maximum atomic E-state index is 6.21. The molecule has 45 heavy (non-hydrogen) atoms. The number of pyridine rings is 1. The fraction of sp³-hybridized carbons (Fsp3) is 0.575. The van der Waals surface area contributed by atoms with E-state index in [4.69, 9.17) is 22.3 Å². The molecular formula is C40H56N4S. The zero-order chi connectivity index (χ0) is 31.4. The predicted molar refractivity (Wildman–Crippen MR) is 198 cm³/mol. The van der Waals surface area contributed by atoms with E-state index in [-0.39, 0.29) is 0 Å². The number of nitrogens with two attached hydrogens (primary N) is 1. The second kappa shape index (κ2) is 14.0. The maximum absolute atomic E-state index is 6.21. The van der Waals surface area contributed by atoms with Gasteiger partial charge in [0.1, 0.15) is 5.82 Å². The van der Waals surface area contributed by atoms with E-state index in [0.717, 1.165) is 42.8 Å². The highest BCUT2D eigenvalue weighted by atomic mass is 32.2. The Balaban J connectivity index is 1.23. The molecule has 4 aliphatic carbocycles. The van der Waals surface area contributed by atoms with E-state index >= 15 is 0 Å². The molecule has 2 heterocycles. The molecule has 2 aromatic rings. The fourth-order valence-corrected chi connectivity index (χ4v) is 10.2. The van der Waals surface area contributed by atoms with Crippen molar-refractivity contribution in [1.29, 1.82) is 0 Å². The van der Waals surface area contributed by atoms with Gasteiger partial charge in [-0.3, -0.25) is 4.99 Å². The summed E-state index contributed by atoms with van der Waals surface area (Å²) in [5.41, 5.74) is 14.8. The third-order valence-electron chi connectivity index (χ3n) is 12.1. The van der Waals surface area contributed by atoms with Gasteiger partial charge in [0.15, 0.2) is 0 Å². The van der Waals surface area contributed by atoms with Crippen LogP contribution in [0, 0.1) is 18.3 Å². The Morgan fingerprint density at radius 2 is 1.73 bits per heavy atom. The smallest absolute Gasteiger partial charge is 0.133 e. The normalized spacial score (nSPS) is 29.2. The highest BCUT2D eigenvalue weighted by Gasteiger charge is 2.50. The summed E-state index contributed by atoms with van der Waals surface area (Å²) in [4.78, 5) is 12.5. The Morgan fingerprint density at radius 3 is 2.38 bits per heavy atom. The summed E-state index contributed by atoms with van der Waals surface area (Å²) in [7, 11) is 0.317. The van der Waals surface area contributed by atoms with E-state index in [9.17, 15) is 0 Å². The molecule has 2 bridgehead atoms. The number of rotatable bonds is 10. The molecule has 7 rings (SSSR count). The van der Waals surface area contributed by atoms with Crippen LogP contribution in [0.5, 0.6) is 0 Å². The van der Waals surface area contributed by atoms with Crippen LogP contribution < -0.4 is 10.6 Å². The van der Waals surface area contributed by atoms with Gasteiger partial charge in [-0.25, -0.2) is 4.98 Å². The van der Waals surface area contributed by atoms with Gasteiger partial charge in [0.25, 0.3) is 0 Å². The van der Waals surface area contributed by atoms with Gasteiger partial charge in [-0.15, -0.1) is 0 Å². The third-order valence-corrected chi connectivity index (χ3v) is 13.7. The second-order valence-corrected chi connectivity index (χ2v) is 16.8. The number of fused-ring (bicyclic) bond motifs is 3. The van der Waals surface area contributed by atoms with Crippen LogP contribution in [0.2, 0.25) is 0 Å². The SMILES string of the molecule is C=C(C1CCCCC1)N(CC12CCC(c3ccc(CC)c(C)c3)(CC1)CC2)c1cc(/C(C=NC2CCS(=C)CC2)=C/N)ccn1. The topological polar surface area (TPSA) is 54.5 Å². The molecule has 4 saturated carbocycles. The molecule has 0 atom stereocenters. The van der Waals surface area contributed by atoms with Crippen molar-refractivity contribution < 1.29 is 0 Å². The van der Waals surface area contributed by atoms with Gasteiger partial charge in [0, 0.05) is 36.4 Å². The van der Waals surface area contributed by atoms with Crippen molar-refractivity contribution in [1.82, 2.24) is 4.98 Å². The highest BCUT2D eigenvalue weighted by Crippen LogP contribution is 2.58. The minimum absolute atomic E-state index is 0.317. The van der Waals surface area contributed by atoms with Crippen LogP contribution in [0.3, 0.4) is 0 Å². The van der Waals surface area contributed by atoms with Crippen molar-refractivity contribution in [2.45, 2.75) is 115 Å². The number of anilines is 1. The molecule has 5 heteroatoms. The third kappa shape index (κ3) is 7.04. The lowest BCUT2D eigenvalue weighted by Crippen LogP contribution is -2.49. The molecule has 5 aliphatic rings. The molecule has 0 amide bonds. The van der Waals surface area contributed by atoms with E-state index in [0.29, 0.717) is 33.3 Å². The Labute approximate surface area is 275 Å².